The Labute approximate surface area is 149 Å². The summed E-state index contributed by atoms with van der Waals surface area (Å²) >= 11 is 0. The van der Waals surface area contributed by atoms with Crippen molar-refractivity contribution in [2.75, 3.05) is 17.9 Å². The lowest BCUT2D eigenvalue weighted by Crippen LogP contribution is -2.50. The standard InChI is InChI=1S/C16H15N3O6S/c1-17-16(20)14-10-18(11-6-2-4-8-13(11)25-14)26(23,24)15-9-5-3-7-12(15)19(21)22/h2-9,14H,10H2,1H3,(H,17,20)/t14-/m0/s1. The van der Waals surface area contributed by atoms with Gasteiger partial charge in [-0.2, -0.15) is 0 Å². The molecule has 1 heterocycles. The molecule has 1 N–H and O–H groups in total. The van der Waals surface area contributed by atoms with Gasteiger partial charge in [0.25, 0.3) is 21.6 Å². The Kier molecular flexibility index (Phi) is 4.51. The van der Waals surface area contributed by atoms with E-state index in [4.69, 9.17) is 4.74 Å². The number of carbonyl (C=O) groups excluding carboxylic acids is 1. The van der Waals surface area contributed by atoms with Gasteiger partial charge in [-0.15, -0.1) is 0 Å². The Morgan fingerprint density at radius 2 is 1.88 bits per heavy atom. The fraction of sp³-hybridized carbons (Fsp3) is 0.188. The molecular formula is C16H15N3O6S. The molecule has 0 saturated heterocycles. The first-order valence-electron chi connectivity index (χ1n) is 7.59. The van der Waals surface area contributed by atoms with E-state index in [-0.39, 0.29) is 18.0 Å². The number of likely N-dealkylation sites (N-methyl/N-ethyl adjacent to an activating group) is 1. The summed E-state index contributed by atoms with van der Waals surface area (Å²) in [5, 5.41) is 13.7. The number of ether oxygens (including phenoxy) is 1. The van der Waals surface area contributed by atoms with Crippen molar-refractivity contribution < 1.29 is 22.9 Å². The first kappa shape index (κ1) is 17.7. The number of hydrogen-bond donors (Lipinski definition) is 1. The number of rotatable bonds is 4. The second-order valence-corrected chi connectivity index (χ2v) is 7.28. The number of sulfonamides is 1. The summed E-state index contributed by atoms with van der Waals surface area (Å²) in [6.45, 7) is -0.301. The van der Waals surface area contributed by atoms with Crippen LogP contribution in [0.15, 0.2) is 53.4 Å². The van der Waals surface area contributed by atoms with Gasteiger partial charge in [-0.1, -0.05) is 24.3 Å². The van der Waals surface area contributed by atoms with Crippen molar-refractivity contribution in [1.82, 2.24) is 5.32 Å². The van der Waals surface area contributed by atoms with Crippen molar-refractivity contribution in [3.8, 4) is 5.75 Å². The fourth-order valence-corrected chi connectivity index (χ4v) is 4.31. The van der Waals surface area contributed by atoms with Crippen LogP contribution in [-0.2, 0) is 14.8 Å². The zero-order valence-corrected chi connectivity index (χ0v) is 14.5. The molecule has 10 heteroatoms. The van der Waals surface area contributed by atoms with Gasteiger partial charge in [-0.3, -0.25) is 19.2 Å². The summed E-state index contributed by atoms with van der Waals surface area (Å²) in [7, 11) is -2.88. The molecule has 2 aromatic rings. The highest BCUT2D eigenvalue weighted by Crippen LogP contribution is 2.38. The van der Waals surface area contributed by atoms with E-state index in [2.05, 4.69) is 5.32 Å². The number of nitrogens with one attached hydrogen (secondary N) is 1. The van der Waals surface area contributed by atoms with E-state index in [1.165, 1.54) is 37.4 Å². The lowest BCUT2D eigenvalue weighted by atomic mass is 10.2. The molecule has 0 fully saturated rings. The largest absolute Gasteiger partial charge is 0.476 e. The van der Waals surface area contributed by atoms with E-state index in [1.807, 2.05) is 0 Å². The van der Waals surface area contributed by atoms with E-state index >= 15 is 0 Å². The number of hydrogen-bond acceptors (Lipinski definition) is 6. The molecule has 1 amide bonds. The summed E-state index contributed by atoms with van der Waals surface area (Å²) in [5.41, 5.74) is -0.321. The van der Waals surface area contributed by atoms with E-state index < -0.39 is 37.5 Å². The van der Waals surface area contributed by atoms with Crippen LogP contribution in [0, 0.1) is 10.1 Å². The third-order valence-electron chi connectivity index (χ3n) is 3.90. The van der Waals surface area contributed by atoms with E-state index in [0.29, 0.717) is 0 Å². The number of carbonyl (C=O) groups is 1. The Morgan fingerprint density at radius 1 is 1.23 bits per heavy atom. The molecule has 136 valence electrons. The van der Waals surface area contributed by atoms with Crippen LogP contribution in [0.1, 0.15) is 0 Å². The molecule has 0 unspecified atom stereocenters. The number of nitrogens with zero attached hydrogens (tertiary/aromatic N) is 2. The number of anilines is 1. The minimum Gasteiger partial charge on any atom is -0.476 e. The predicted molar refractivity (Wildman–Crippen MR) is 92.6 cm³/mol. The molecule has 0 aromatic heterocycles. The molecule has 1 aliphatic rings. The molecule has 3 rings (SSSR count). The maximum absolute atomic E-state index is 13.2. The van der Waals surface area contributed by atoms with Crippen LogP contribution in [-0.4, -0.2) is 38.9 Å². The molecule has 0 aliphatic carbocycles. The number of benzene rings is 2. The molecular weight excluding hydrogens is 362 g/mol. The quantitative estimate of drug-likeness (QED) is 0.634. The smallest absolute Gasteiger partial charge is 0.289 e. The molecule has 2 aromatic carbocycles. The molecule has 1 aliphatic heterocycles. The lowest BCUT2D eigenvalue weighted by molar-refractivity contribution is -0.387. The SMILES string of the molecule is CNC(=O)[C@@H]1CN(S(=O)(=O)c2ccccc2[N+](=O)[O-])c2ccccc2O1. The molecule has 1 atom stereocenters. The Morgan fingerprint density at radius 3 is 2.58 bits per heavy atom. The fourth-order valence-electron chi connectivity index (χ4n) is 2.67. The highest BCUT2D eigenvalue weighted by Gasteiger charge is 2.39. The van der Waals surface area contributed by atoms with Gasteiger partial charge in [0.15, 0.2) is 11.0 Å². The molecule has 0 radical (unpaired) electrons. The Hall–Kier alpha value is -3.14. The first-order chi connectivity index (χ1) is 12.4. The normalized spacial score (nSPS) is 16.3. The highest BCUT2D eigenvalue weighted by molar-refractivity contribution is 7.93. The minimum absolute atomic E-state index is 0.203. The summed E-state index contributed by atoms with van der Waals surface area (Å²) in [4.78, 5) is 22.0. The maximum Gasteiger partial charge on any atom is 0.289 e. The Balaban J connectivity index is 2.15. The molecule has 0 bridgehead atoms. The zero-order chi connectivity index (χ0) is 18.9. The summed E-state index contributed by atoms with van der Waals surface area (Å²) < 4.78 is 32.9. The summed E-state index contributed by atoms with van der Waals surface area (Å²) in [5.74, 6) is -0.295. The van der Waals surface area contributed by atoms with Gasteiger partial charge in [0.1, 0.15) is 5.75 Å². The van der Waals surface area contributed by atoms with E-state index in [1.54, 1.807) is 12.1 Å². The van der Waals surface area contributed by atoms with Gasteiger partial charge in [0, 0.05) is 13.1 Å². The van der Waals surface area contributed by atoms with Crippen LogP contribution in [0.25, 0.3) is 0 Å². The number of fused-ring (bicyclic) bond motifs is 1. The first-order valence-corrected chi connectivity index (χ1v) is 9.03. The maximum atomic E-state index is 13.2. The summed E-state index contributed by atoms with van der Waals surface area (Å²) in [6, 6.07) is 11.4. The minimum atomic E-state index is -4.29. The zero-order valence-electron chi connectivity index (χ0n) is 13.7. The van der Waals surface area contributed by atoms with Crippen LogP contribution < -0.4 is 14.4 Å². The average Bonchev–Trinajstić information content (AvgIpc) is 2.66. The third-order valence-corrected chi connectivity index (χ3v) is 5.73. The van der Waals surface area contributed by atoms with Crippen molar-refractivity contribution in [2.24, 2.45) is 0 Å². The van der Waals surface area contributed by atoms with Crippen molar-refractivity contribution in [1.29, 1.82) is 0 Å². The number of nitro benzene ring substituents is 1. The molecule has 0 spiro atoms. The van der Waals surface area contributed by atoms with Gasteiger partial charge in [0.05, 0.1) is 17.2 Å². The average molecular weight is 377 g/mol. The van der Waals surface area contributed by atoms with Crippen molar-refractivity contribution >= 4 is 27.3 Å². The van der Waals surface area contributed by atoms with Crippen LogP contribution in [0.4, 0.5) is 11.4 Å². The number of nitro groups is 1. The van der Waals surface area contributed by atoms with Gasteiger partial charge in [-0.25, -0.2) is 8.42 Å². The highest BCUT2D eigenvalue weighted by atomic mass is 32.2. The van der Waals surface area contributed by atoms with E-state index in [0.717, 1.165) is 10.4 Å². The van der Waals surface area contributed by atoms with Crippen LogP contribution in [0.3, 0.4) is 0 Å². The van der Waals surface area contributed by atoms with Crippen LogP contribution in [0.2, 0.25) is 0 Å². The second kappa shape index (κ2) is 6.64. The topological polar surface area (TPSA) is 119 Å². The van der Waals surface area contributed by atoms with Crippen LogP contribution in [0.5, 0.6) is 5.75 Å². The third kappa shape index (κ3) is 2.94. The van der Waals surface area contributed by atoms with Gasteiger partial charge in [0.2, 0.25) is 0 Å². The second-order valence-electron chi connectivity index (χ2n) is 5.45. The van der Waals surface area contributed by atoms with Gasteiger partial charge >= 0.3 is 0 Å². The van der Waals surface area contributed by atoms with E-state index in [9.17, 15) is 23.3 Å². The lowest BCUT2D eigenvalue weighted by Gasteiger charge is -2.34. The van der Waals surface area contributed by atoms with Crippen molar-refractivity contribution in [3.63, 3.8) is 0 Å². The number of amides is 1. The summed E-state index contributed by atoms with van der Waals surface area (Å²) in [6.07, 6.45) is -1.08. The van der Waals surface area contributed by atoms with Crippen molar-refractivity contribution in [2.45, 2.75) is 11.0 Å². The van der Waals surface area contributed by atoms with Gasteiger partial charge in [-0.05, 0) is 18.2 Å². The molecule has 9 nitrogen and oxygen atoms in total. The molecule has 26 heavy (non-hydrogen) atoms. The monoisotopic (exact) mass is 377 g/mol. The Bertz CT molecular complexity index is 975. The van der Waals surface area contributed by atoms with Gasteiger partial charge < -0.3 is 10.1 Å². The van der Waals surface area contributed by atoms with Crippen molar-refractivity contribution in [3.05, 3.63) is 58.6 Å². The molecule has 0 saturated carbocycles. The van der Waals surface area contributed by atoms with Crippen LogP contribution >= 0.6 is 0 Å². The number of para-hydroxylation sites is 3. The predicted octanol–water partition coefficient (Wildman–Crippen LogP) is 1.30.